The Morgan fingerprint density at radius 3 is 2.39 bits per heavy atom. The van der Waals surface area contributed by atoms with Crippen LogP contribution in [0.1, 0.15) is 22.7 Å². The molecule has 0 aliphatic carbocycles. The van der Waals surface area contributed by atoms with E-state index in [1.807, 2.05) is 48.5 Å². The first kappa shape index (κ1) is 21.2. The standard InChI is InChI=1S/C25H20Cl2N4/c1-29-22-9-2-18(3-10-22)16-30-12-13-31(24-11-4-19(15-28)14-23(24)27)25(17-30)20-5-7-21(26)8-6-20/h2-11,14,25H,12-13,16-17H2/t25-/m0/s1. The Morgan fingerprint density at radius 2 is 1.74 bits per heavy atom. The van der Waals surface area contributed by atoms with Gasteiger partial charge in [-0.2, -0.15) is 5.26 Å². The van der Waals surface area contributed by atoms with Crippen LogP contribution in [0, 0.1) is 17.9 Å². The number of hydrogen-bond donors (Lipinski definition) is 0. The number of nitrogens with zero attached hydrogens (tertiary/aromatic N) is 4. The van der Waals surface area contributed by atoms with Crippen molar-refractivity contribution in [3.63, 3.8) is 0 Å². The van der Waals surface area contributed by atoms with E-state index in [1.54, 1.807) is 6.07 Å². The summed E-state index contributed by atoms with van der Waals surface area (Å²) in [5.41, 5.74) is 4.49. The van der Waals surface area contributed by atoms with Gasteiger partial charge in [-0.15, -0.1) is 0 Å². The Labute approximate surface area is 192 Å². The molecule has 1 fully saturated rings. The van der Waals surface area contributed by atoms with Crippen LogP contribution in [0.15, 0.2) is 66.7 Å². The van der Waals surface area contributed by atoms with Gasteiger partial charge in [-0.1, -0.05) is 59.6 Å². The van der Waals surface area contributed by atoms with Crippen LogP contribution in [0.25, 0.3) is 4.85 Å². The first-order chi connectivity index (χ1) is 15.1. The van der Waals surface area contributed by atoms with Gasteiger partial charge >= 0.3 is 0 Å². The molecule has 1 aliphatic rings. The summed E-state index contributed by atoms with van der Waals surface area (Å²) in [7, 11) is 0. The van der Waals surface area contributed by atoms with Crippen LogP contribution >= 0.6 is 23.2 Å². The minimum atomic E-state index is 0.0963. The Bertz CT molecular complexity index is 1140. The minimum absolute atomic E-state index is 0.0963. The molecule has 1 atom stereocenters. The quantitative estimate of drug-likeness (QED) is 0.430. The van der Waals surface area contributed by atoms with Crippen molar-refractivity contribution in [2.75, 3.05) is 24.5 Å². The third-order valence-electron chi connectivity index (χ3n) is 5.58. The van der Waals surface area contributed by atoms with E-state index >= 15 is 0 Å². The van der Waals surface area contributed by atoms with Crippen molar-refractivity contribution in [1.82, 2.24) is 4.90 Å². The summed E-state index contributed by atoms with van der Waals surface area (Å²) in [6, 6.07) is 23.4. The van der Waals surface area contributed by atoms with Crippen LogP contribution in [0.2, 0.25) is 10.0 Å². The second kappa shape index (κ2) is 9.41. The van der Waals surface area contributed by atoms with Gasteiger partial charge in [-0.05, 0) is 41.5 Å². The minimum Gasteiger partial charge on any atom is -0.361 e. The molecule has 0 amide bonds. The maximum Gasteiger partial charge on any atom is 0.187 e. The zero-order valence-corrected chi connectivity index (χ0v) is 18.3. The molecule has 0 bridgehead atoms. The summed E-state index contributed by atoms with van der Waals surface area (Å²) in [5, 5.41) is 10.5. The Hall–Kier alpha value is -3.02. The number of hydrogen-bond acceptors (Lipinski definition) is 3. The smallest absolute Gasteiger partial charge is 0.187 e. The van der Waals surface area contributed by atoms with Crippen LogP contribution < -0.4 is 4.90 Å². The number of benzene rings is 3. The summed E-state index contributed by atoms with van der Waals surface area (Å²) >= 11 is 12.7. The molecule has 154 valence electrons. The molecule has 6 heteroatoms. The van der Waals surface area contributed by atoms with Crippen LogP contribution in [-0.2, 0) is 6.54 Å². The van der Waals surface area contributed by atoms with E-state index in [1.165, 1.54) is 5.56 Å². The van der Waals surface area contributed by atoms with Gasteiger partial charge in [0.25, 0.3) is 0 Å². The van der Waals surface area contributed by atoms with E-state index in [4.69, 9.17) is 35.0 Å². The highest BCUT2D eigenvalue weighted by Gasteiger charge is 2.29. The van der Waals surface area contributed by atoms with Crippen LogP contribution in [0.3, 0.4) is 0 Å². The van der Waals surface area contributed by atoms with Gasteiger partial charge in [0, 0.05) is 31.2 Å². The van der Waals surface area contributed by atoms with Crippen molar-refractivity contribution in [2.24, 2.45) is 0 Å². The molecule has 1 aliphatic heterocycles. The van der Waals surface area contributed by atoms with Crippen molar-refractivity contribution >= 4 is 34.6 Å². The van der Waals surface area contributed by atoms with Crippen molar-refractivity contribution in [3.05, 3.63) is 105 Å². The number of piperazine rings is 1. The fourth-order valence-electron chi connectivity index (χ4n) is 3.99. The lowest BCUT2D eigenvalue weighted by atomic mass is 10.0. The fraction of sp³-hybridized carbons (Fsp3) is 0.200. The van der Waals surface area contributed by atoms with Crippen molar-refractivity contribution < 1.29 is 0 Å². The molecule has 1 heterocycles. The number of rotatable bonds is 4. The van der Waals surface area contributed by atoms with Gasteiger partial charge in [0.2, 0.25) is 0 Å². The summed E-state index contributed by atoms with van der Waals surface area (Å²) < 4.78 is 0. The molecule has 0 aromatic heterocycles. The lowest BCUT2D eigenvalue weighted by Gasteiger charge is -2.43. The average Bonchev–Trinajstić information content (AvgIpc) is 2.80. The molecular formula is C25H20Cl2N4. The summed E-state index contributed by atoms with van der Waals surface area (Å²) in [6.45, 7) is 10.4. The monoisotopic (exact) mass is 446 g/mol. The fourth-order valence-corrected chi connectivity index (χ4v) is 4.40. The second-order valence-corrected chi connectivity index (χ2v) is 8.40. The highest BCUT2D eigenvalue weighted by molar-refractivity contribution is 6.33. The highest BCUT2D eigenvalue weighted by atomic mass is 35.5. The summed E-state index contributed by atoms with van der Waals surface area (Å²) in [4.78, 5) is 8.20. The average molecular weight is 447 g/mol. The van der Waals surface area contributed by atoms with E-state index in [2.05, 4.69) is 32.8 Å². The van der Waals surface area contributed by atoms with E-state index in [-0.39, 0.29) is 6.04 Å². The van der Waals surface area contributed by atoms with Crippen molar-refractivity contribution in [3.8, 4) is 6.07 Å². The molecular weight excluding hydrogens is 427 g/mol. The van der Waals surface area contributed by atoms with Crippen LogP contribution in [0.4, 0.5) is 11.4 Å². The molecule has 4 nitrogen and oxygen atoms in total. The number of nitriles is 1. The van der Waals surface area contributed by atoms with E-state index in [0.717, 1.165) is 37.4 Å². The molecule has 0 radical (unpaired) electrons. The maximum atomic E-state index is 9.17. The van der Waals surface area contributed by atoms with Gasteiger partial charge in [0.15, 0.2) is 5.69 Å². The summed E-state index contributed by atoms with van der Waals surface area (Å²) in [5.74, 6) is 0. The van der Waals surface area contributed by atoms with E-state index < -0.39 is 0 Å². The predicted octanol–water partition coefficient (Wildman–Crippen LogP) is 6.48. The maximum absolute atomic E-state index is 9.17. The van der Waals surface area contributed by atoms with E-state index in [9.17, 15) is 0 Å². The SMILES string of the molecule is [C-]#[N+]c1ccc(CN2CCN(c3ccc(C#N)cc3Cl)[C@H](c3ccc(Cl)cc3)C2)cc1. The van der Waals surface area contributed by atoms with Gasteiger partial charge in [0.05, 0.1) is 35.0 Å². The normalized spacial score (nSPS) is 16.5. The number of anilines is 1. The van der Waals surface area contributed by atoms with Crippen molar-refractivity contribution in [1.29, 1.82) is 5.26 Å². The molecule has 31 heavy (non-hydrogen) atoms. The molecule has 1 saturated heterocycles. The highest BCUT2D eigenvalue weighted by Crippen LogP contribution is 2.36. The van der Waals surface area contributed by atoms with Gasteiger partial charge in [-0.3, -0.25) is 4.90 Å². The van der Waals surface area contributed by atoms with Gasteiger partial charge in [0.1, 0.15) is 0 Å². The molecule has 0 N–H and O–H groups in total. The topological polar surface area (TPSA) is 34.6 Å². The summed E-state index contributed by atoms with van der Waals surface area (Å²) in [6.07, 6.45) is 0. The van der Waals surface area contributed by atoms with E-state index in [0.29, 0.717) is 21.3 Å². The lowest BCUT2D eigenvalue weighted by Crippen LogP contribution is -2.48. The molecule has 0 unspecified atom stereocenters. The van der Waals surface area contributed by atoms with Crippen LogP contribution in [0.5, 0.6) is 0 Å². The first-order valence-corrected chi connectivity index (χ1v) is 10.7. The Morgan fingerprint density at radius 1 is 1.00 bits per heavy atom. The van der Waals surface area contributed by atoms with Crippen molar-refractivity contribution in [2.45, 2.75) is 12.6 Å². The third-order valence-corrected chi connectivity index (χ3v) is 6.13. The zero-order valence-electron chi connectivity index (χ0n) is 16.8. The Kier molecular flexibility index (Phi) is 6.44. The second-order valence-electron chi connectivity index (χ2n) is 7.55. The van der Waals surface area contributed by atoms with Gasteiger partial charge < -0.3 is 4.90 Å². The molecule has 4 rings (SSSR count). The number of halogens is 2. The largest absolute Gasteiger partial charge is 0.361 e. The Balaban J connectivity index is 1.61. The van der Waals surface area contributed by atoms with Gasteiger partial charge in [-0.25, -0.2) is 4.85 Å². The zero-order chi connectivity index (χ0) is 21.8. The molecule has 3 aromatic carbocycles. The predicted molar refractivity (Wildman–Crippen MR) is 126 cm³/mol. The lowest BCUT2D eigenvalue weighted by molar-refractivity contribution is 0.215. The molecule has 0 spiro atoms. The molecule has 0 saturated carbocycles. The molecule has 3 aromatic rings. The first-order valence-electron chi connectivity index (χ1n) is 9.98. The third kappa shape index (κ3) is 4.84. The van der Waals surface area contributed by atoms with Crippen LogP contribution in [-0.4, -0.2) is 24.5 Å².